The Bertz CT molecular complexity index is 1120. The number of fused-ring (bicyclic) bond motifs is 1. The fraction of sp³-hybridized carbons (Fsp3) is 0.360. The molecule has 2 heterocycles. The predicted octanol–water partition coefficient (Wildman–Crippen LogP) is 3.51. The normalized spacial score (nSPS) is 14.0. The molecule has 4 rings (SSSR count). The summed E-state index contributed by atoms with van der Waals surface area (Å²) in [6.45, 7) is 8.06. The van der Waals surface area contributed by atoms with Gasteiger partial charge in [-0.25, -0.2) is 4.98 Å². The van der Waals surface area contributed by atoms with Gasteiger partial charge in [0.15, 0.2) is 0 Å². The Labute approximate surface area is 183 Å². The third-order valence-electron chi connectivity index (χ3n) is 5.87. The molecule has 0 bridgehead atoms. The molecule has 0 atom stereocenters. The van der Waals surface area contributed by atoms with Crippen molar-refractivity contribution in [3.63, 3.8) is 0 Å². The fourth-order valence-electron chi connectivity index (χ4n) is 4.26. The minimum absolute atomic E-state index is 0.00909. The molecule has 0 saturated heterocycles. The van der Waals surface area contributed by atoms with Crippen molar-refractivity contribution in [2.45, 2.75) is 40.3 Å². The van der Waals surface area contributed by atoms with E-state index in [1.165, 1.54) is 5.56 Å². The summed E-state index contributed by atoms with van der Waals surface area (Å²) in [6.07, 6.45) is 1.24. The highest BCUT2D eigenvalue weighted by molar-refractivity contribution is 5.63. The lowest BCUT2D eigenvalue weighted by Crippen LogP contribution is -2.48. The van der Waals surface area contributed by atoms with Crippen molar-refractivity contribution in [3.8, 4) is 0 Å². The minimum atomic E-state index is 0.00909. The molecular formula is C25H30N4O2. The van der Waals surface area contributed by atoms with Gasteiger partial charge in [-0.1, -0.05) is 48.0 Å². The number of anilines is 2. The molecular weight excluding hydrogens is 388 g/mol. The molecule has 6 nitrogen and oxygen atoms in total. The van der Waals surface area contributed by atoms with Crippen molar-refractivity contribution in [3.05, 3.63) is 86.8 Å². The number of nitrogens with zero attached hydrogens (tertiary/aromatic N) is 4. The summed E-state index contributed by atoms with van der Waals surface area (Å²) in [5.41, 5.74) is 6.03. The molecule has 2 aromatic carbocycles. The summed E-state index contributed by atoms with van der Waals surface area (Å²) in [6, 6.07) is 16.4. The van der Waals surface area contributed by atoms with E-state index in [9.17, 15) is 9.90 Å². The molecule has 6 heteroatoms. The number of aliphatic hydroxyl groups excluding tert-OH is 1. The van der Waals surface area contributed by atoms with Gasteiger partial charge < -0.3 is 5.11 Å². The molecule has 1 aliphatic rings. The van der Waals surface area contributed by atoms with Gasteiger partial charge in [0, 0.05) is 30.8 Å². The van der Waals surface area contributed by atoms with Crippen molar-refractivity contribution in [2.75, 3.05) is 24.7 Å². The average molecular weight is 419 g/mol. The Hall–Kier alpha value is -2.96. The first kappa shape index (κ1) is 21.3. The summed E-state index contributed by atoms with van der Waals surface area (Å²) in [5, 5.41) is 9.33. The van der Waals surface area contributed by atoms with Crippen molar-refractivity contribution in [1.82, 2.24) is 14.5 Å². The third-order valence-corrected chi connectivity index (χ3v) is 5.87. The predicted molar refractivity (Wildman–Crippen MR) is 124 cm³/mol. The van der Waals surface area contributed by atoms with Crippen molar-refractivity contribution >= 4 is 11.6 Å². The third kappa shape index (κ3) is 4.40. The molecule has 162 valence electrons. The molecule has 3 aromatic rings. The van der Waals surface area contributed by atoms with E-state index in [4.69, 9.17) is 4.98 Å². The zero-order valence-corrected chi connectivity index (χ0v) is 18.5. The first-order chi connectivity index (χ1) is 15.0. The molecule has 1 aromatic heterocycles. The Morgan fingerprint density at radius 3 is 2.52 bits per heavy atom. The summed E-state index contributed by atoms with van der Waals surface area (Å²) < 4.78 is 1.78. The van der Waals surface area contributed by atoms with Gasteiger partial charge in [0.25, 0.3) is 5.56 Å². The van der Waals surface area contributed by atoms with Crippen LogP contribution in [0.4, 0.5) is 11.6 Å². The first-order valence-corrected chi connectivity index (χ1v) is 10.8. The lowest BCUT2D eigenvalue weighted by atomic mass is 10.0. The molecule has 0 saturated carbocycles. The second-order valence-electron chi connectivity index (χ2n) is 8.34. The number of aromatic nitrogens is 2. The lowest BCUT2D eigenvalue weighted by molar-refractivity contribution is 0.175. The maximum absolute atomic E-state index is 13.6. The summed E-state index contributed by atoms with van der Waals surface area (Å²) >= 11 is 0. The number of rotatable bonds is 6. The van der Waals surface area contributed by atoms with E-state index in [1.807, 2.05) is 37.3 Å². The van der Waals surface area contributed by atoms with Crippen LogP contribution < -0.4 is 10.5 Å². The number of hydrogen-bond acceptors (Lipinski definition) is 5. The Balaban J connectivity index is 1.81. The SMILES string of the molecule is Cc1ccc(N2CN(CCCO)Cn3c2nc(C)c(Cc2ccccc2)c3=O)c(C)c1. The molecule has 0 spiro atoms. The molecule has 31 heavy (non-hydrogen) atoms. The molecule has 1 N–H and O–H groups in total. The van der Waals surface area contributed by atoms with Gasteiger partial charge in [0.1, 0.15) is 0 Å². The lowest BCUT2D eigenvalue weighted by Gasteiger charge is -2.39. The van der Waals surface area contributed by atoms with Crippen LogP contribution in [0.3, 0.4) is 0 Å². The summed E-state index contributed by atoms with van der Waals surface area (Å²) in [7, 11) is 0. The van der Waals surface area contributed by atoms with E-state index in [0.29, 0.717) is 38.7 Å². The van der Waals surface area contributed by atoms with Crippen LogP contribution in [-0.4, -0.2) is 39.4 Å². The second-order valence-corrected chi connectivity index (χ2v) is 8.34. The highest BCUT2D eigenvalue weighted by Crippen LogP contribution is 2.31. The Morgan fingerprint density at radius 1 is 1.03 bits per heavy atom. The van der Waals surface area contributed by atoms with Crippen molar-refractivity contribution < 1.29 is 5.11 Å². The van der Waals surface area contributed by atoms with Crippen LogP contribution in [0.15, 0.2) is 53.3 Å². The molecule has 0 fully saturated rings. The highest BCUT2D eigenvalue weighted by atomic mass is 16.3. The van der Waals surface area contributed by atoms with Gasteiger partial charge in [0.2, 0.25) is 5.95 Å². The van der Waals surface area contributed by atoms with E-state index in [1.54, 1.807) is 4.57 Å². The fourth-order valence-corrected chi connectivity index (χ4v) is 4.26. The van der Waals surface area contributed by atoms with Gasteiger partial charge in [0.05, 0.1) is 19.0 Å². The van der Waals surface area contributed by atoms with E-state index in [0.717, 1.165) is 28.1 Å². The van der Waals surface area contributed by atoms with Crippen LogP contribution in [0.25, 0.3) is 0 Å². The van der Waals surface area contributed by atoms with Crippen LogP contribution in [0.2, 0.25) is 0 Å². The highest BCUT2D eigenvalue weighted by Gasteiger charge is 2.28. The smallest absolute Gasteiger partial charge is 0.259 e. The standard InChI is InChI=1S/C25H30N4O2/c1-18-10-11-23(19(2)14-18)28-16-27(12-7-13-30)17-29-24(31)22(20(3)26-25(28)29)15-21-8-5-4-6-9-21/h4-6,8-11,14,30H,7,12-13,15-17H2,1-3H3. The van der Waals surface area contributed by atoms with E-state index in [-0.39, 0.29) is 12.2 Å². The molecule has 0 unspecified atom stereocenters. The van der Waals surface area contributed by atoms with E-state index < -0.39 is 0 Å². The number of aliphatic hydroxyl groups is 1. The van der Waals surface area contributed by atoms with Gasteiger partial charge in [-0.05, 0) is 44.4 Å². The number of benzene rings is 2. The largest absolute Gasteiger partial charge is 0.396 e. The van der Waals surface area contributed by atoms with Crippen LogP contribution >= 0.6 is 0 Å². The summed E-state index contributed by atoms with van der Waals surface area (Å²) in [5.74, 6) is 0.687. The Kier molecular flexibility index (Phi) is 6.20. The van der Waals surface area contributed by atoms with Gasteiger partial charge in [-0.15, -0.1) is 0 Å². The quantitative estimate of drug-likeness (QED) is 0.664. The number of aryl methyl sites for hydroxylation is 3. The minimum Gasteiger partial charge on any atom is -0.396 e. The molecule has 0 amide bonds. The zero-order chi connectivity index (χ0) is 22.0. The monoisotopic (exact) mass is 418 g/mol. The van der Waals surface area contributed by atoms with Crippen molar-refractivity contribution in [1.29, 1.82) is 0 Å². The number of hydrogen-bond donors (Lipinski definition) is 1. The summed E-state index contributed by atoms with van der Waals surface area (Å²) in [4.78, 5) is 22.8. The van der Waals surface area contributed by atoms with Gasteiger partial charge in [-0.2, -0.15) is 0 Å². The van der Waals surface area contributed by atoms with Gasteiger partial charge in [-0.3, -0.25) is 19.2 Å². The van der Waals surface area contributed by atoms with E-state index >= 15 is 0 Å². The maximum atomic E-state index is 13.6. The molecule has 0 aliphatic carbocycles. The topological polar surface area (TPSA) is 61.6 Å². The Morgan fingerprint density at radius 2 is 1.81 bits per heavy atom. The van der Waals surface area contributed by atoms with Crippen LogP contribution in [0, 0.1) is 20.8 Å². The zero-order valence-electron chi connectivity index (χ0n) is 18.5. The van der Waals surface area contributed by atoms with Crippen LogP contribution in [-0.2, 0) is 13.1 Å². The van der Waals surface area contributed by atoms with Gasteiger partial charge >= 0.3 is 0 Å². The molecule has 1 aliphatic heterocycles. The second kappa shape index (κ2) is 9.04. The molecule has 0 radical (unpaired) electrons. The van der Waals surface area contributed by atoms with Crippen molar-refractivity contribution in [2.24, 2.45) is 0 Å². The van der Waals surface area contributed by atoms with Crippen LogP contribution in [0.1, 0.15) is 34.4 Å². The maximum Gasteiger partial charge on any atom is 0.259 e. The van der Waals surface area contributed by atoms with E-state index in [2.05, 4.69) is 41.8 Å². The average Bonchev–Trinajstić information content (AvgIpc) is 2.76. The first-order valence-electron chi connectivity index (χ1n) is 10.8. The van der Waals surface area contributed by atoms with Crippen LogP contribution in [0.5, 0.6) is 0 Å².